The first-order chi connectivity index (χ1) is 13.6. The quantitative estimate of drug-likeness (QED) is 0.132. The molecule has 0 heterocycles. The highest BCUT2D eigenvalue weighted by Crippen LogP contribution is 2.19. The zero-order chi connectivity index (χ0) is 20.8. The average Bonchev–Trinajstić information content (AvgIpc) is 2.65. The summed E-state index contributed by atoms with van der Waals surface area (Å²) in [4.78, 5) is 0. The Balaban J connectivity index is 3.01. The van der Waals surface area contributed by atoms with Gasteiger partial charge in [0.1, 0.15) is 0 Å². The smallest absolute Gasteiger partial charge is 0.166 e. The molecule has 0 aliphatic rings. The summed E-state index contributed by atoms with van der Waals surface area (Å²) in [6.45, 7) is 11.6. The van der Waals surface area contributed by atoms with Crippen LogP contribution in [0.1, 0.15) is 137 Å². The summed E-state index contributed by atoms with van der Waals surface area (Å²) < 4.78 is 11.4. The van der Waals surface area contributed by atoms with Crippen molar-refractivity contribution in [1.29, 1.82) is 0 Å². The lowest BCUT2D eigenvalue weighted by Gasteiger charge is -2.16. The Morgan fingerprint density at radius 2 is 0.893 bits per heavy atom. The van der Waals surface area contributed by atoms with Gasteiger partial charge in [0.15, 0.2) is 9.76 Å². The summed E-state index contributed by atoms with van der Waals surface area (Å²) in [7, 11) is -0.400. The van der Waals surface area contributed by atoms with Gasteiger partial charge in [-0.25, -0.2) is 0 Å². The van der Waals surface area contributed by atoms with Crippen LogP contribution in [0.25, 0.3) is 0 Å². The topological polar surface area (TPSA) is 18.5 Å². The van der Waals surface area contributed by atoms with E-state index in [2.05, 4.69) is 27.7 Å². The maximum atomic E-state index is 5.75. The van der Waals surface area contributed by atoms with Crippen LogP contribution in [-0.4, -0.2) is 29.6 Å². The highest BCUT2D eigenvalue weighted by Gasteiger charge is 2.10. The molecular weight excluding hydrogens is 360 g/mol. The standard InChI is InChI=1S/C25H54O2Si/c1-5-6-7-8-9-10-11-12-13-14-15-16-17-18-19-20-21-22-26-23-24-27-28-25(2,3)4/h5-24,28H2,1-4H3. The fraction of sp³-hybridized carbons (Fsp3) is 1.00. The van der Waals surface area contributed by atoms with Gasteiger partial charge in [-0.15, -0.1) is 0 Å². The summed E-state index contributed by atoms with van der Waals surface area (Å²) in [6.07, 6.45) is 24.2. The van der Waals surface area contributed by atoms with Crippen molar-refractivity contribution >= 4 is 9.76 Å². The van der Waals surface area contributed by atoms with Crippen LogP contribution < -0.4 is 0 Å². The first-order valence-electron chi connectivity index (χ1n) is 12.7. The SMILES string of the molecule is CCCCCCCCCCCCCCCCCCCOCCO[SiH2]C(C)(C)C. The maximum absolute atomic E-state index is 5.75. The van der Waals surface area contributed by atoms with Gasteiger partial charge in [0.2, 0.25) is 0 Å². The van der Waals surface area contributed by atoms with Crippen molar-refractivity contribution in [1.82, 2.24) is 0 Å². The molecule has 0 saturated carbocycles. The minimum atomic E-state index is -0.400. The van der Waals surface area contributed by atoms with Crippen molar-refractivity contribution in [3.63, 3.8) is 0 Å². The molecule has 0 aromatic rings. The van der Waals surface area contributed by atoms with Gasteiger partial charge >= 0.3 is 0 Å². The average molecular weight is 415 g/mol. The van der Waals surface area contributed by atoms with E-state index in [0.717, 1.165) is 19.8 Å². The molecule has 0 atom stereocenters. The second kappa shape index (κ2) is 21.8. The van der Waals surface area contributed by atoms with E-state index in [-0.39, 0.29) is 0 Å². The van der Waals surface area contributed by atoms with Gasteiger partial charge in [-0.3, -0.25) is 0 Å². The largest absolute Gasteiger partial charge is 0.421 e. The monoisotopic (exact) mass is 414 g/mol. The van der Waals surface area contributed by atoms with E-state index in [9.17, 15) is 0 Å². The third kappa shape index (κ3) is 26.1. The molecule has 0 N–H and O–H groups in total. The predicted molar refractivity (Wildman–Crippen MR) is 129 cm³/mol. The Morgan fingerprint density at radius 3 is 1.29 bits per heavy atom. The minimum Gasteiger partial charge on any atom is -0.421 e. The van der Waals surface area contributed by atoms with Gasteiger partial charge in [0, 0.05) is 6.61 Å². The van der Waals surface area contributed by atoms with Gasteiger partial charge in [0.05, 0.1) is 13.2 Å². The number of ether oxygens (including phenoxy) is 1. The Kier molecular flexibility index (Phi) is 21.9. The van der Waals surface area contributed by atoms with Crippen LogP contribution in [0.15, 0.2) is 0 Å². The van der Waals surface area contributed by atoms with Gasteiger partial charge in [-0.05, 0) is 11.5 Å². The van der Waals surface area contributed by atoms with E-state index in [4.69, 9.17) is 9.16 Å². The van der Waals surface area contributed by atoms with Crippen molar-refractivity contribution < 1.29 is 9.16 Å². The Bertz CT molecular complexity index is 289. The second-order valence-corrected chi connectivity index (χ2v) is 12.7. The summed E-state index contributed by atoms with van der Waals surface area (Å²) in [5.74, 6) is 0. The molecule has 0 radical (unpaired) electrons. The molecule has 0 spiro atoms. The molecule has 0 aromatic carbocycles. The molecule has 0 aliphatic heterocycles. The van der Waals surface area contributed by atoms with Crippen molar-refractivity contribution in [2.45, 2.75) is 142 Å². The highest BCUT2D eigenvalue weighted by molar-refractivity contribution is 6.31. The Labute approximate surface area is 180 Å². The van der Waals surface area contributed by atoms with Crippen molar-refractivity contribution in [2.75, 3.05) is 19.8 Å². The summed E-state index contributed by atoms with van der Waals surface area (Å²) >= 11 is 0. The molecule has 0 rings (SSSR count). The van der Waals surface area contributed by atoms with Crippen LogP contribution in [0.5, 0.6) is 0 Å². The summed E-state index contributed by atoms with van der Waals surface area (Å²) in [5.41, 5.74) is 0. The van der Waals surface area contributed by atoms with E-state index in [1.54, 1.807) is 0 Å². The van der Waals surface area contributed by atoms with Gasteiger partial charge < -0.3 is 9.16 Å². The second-order valence-electron chi connectivity index (χ2n) is 9.88. The Hall–Kier alpha value is 0.137. The predicted octanol–water partition coefficient (Wildman–Crippen LogP) is 7.97. The zero-order valence-corrected chi connectivity index (χ0v) is 21.6. The normalized spacial score (nSPS) is 12.4. The van der Waals surface area contributed by atoms with E-state index in [1.807, 2.05) is 0 Å². The zero-order valence-electron chi connectivity index (χ0n) is 20.2. The van der Waals surface area contributed by atoms with Crippen LogP contribution in [0, 0.1) is 0 Å². The summed E-state index contributed by atoms with van der Waals surface area (Å²) in [6, 6.07) is 0. The van der Waals surface area contributed by atoms with Crippen LogP contribution in [-0.2, 0) is 9.16 Å². The van der Waals surface area contributed by atoms with Gasteiger partial charge in [0.25, 0.3) is 0 Å². The van der Waals surface area contributed by atoms with Crippen LogP contribution in [0.4, 0.5) is 0 Å². The molecule has 170 valence electrons. The van der Waals surface area contributed by atoms with Crippen molar-refractivity contribution in [3.8, 4) is 0 Å². The molecule has 0 aliphatic carbocycles. The molecule has 0 amide bonds. The molecular formula is C25H54O2Si. The molecule has 0 bridgehead atoms. The van der Waals surface area contributed by atoms with Gasteiger partial charge in [-0.2, -0.15) is 0 Å². The third-order valence-electron chi connectivity index (χ3n) is 5.30. The molecule has 0 unspecified atom stereocenters. The first-order valence-corrected chi connectivity index (χ1v) is 14.0. The van der Waals surface area contributed by atoms with Crippen LogP contribution in [0.2, 0.25) is 5.04 Å². The van der Waals surface area contributed by atoms with Gasteiger partial charge in [-0.1, -0.05) is 130 Å². The lowest BCUT2D eigenvalue weighted by Crippen LogP contribution is -2.15. The molecule has 0 fully saturated rings. The lowest BCUT2D eigenvalue weighted by atomic mass is 10.0. The molecule has 2 nitrogen and oxygen atoms in total. The van der Waals surface area contributed by atoms with Crippen LogP contribution in [0.3, 0.4) is 0 Å². The number of hydrogen-bond donors (Lipinski definition) is 0. The number of hydrogen-bond acceptors (Lipinski definition) is 2. The van der Waals surface area contributed by atoms with E-state index in [1.165, 1.54) is 109 Å². The van der Waals surface area contributed by atoms with Crippen LogP contribution >= 0.6 is 0 Å². The van der Waals surface area contributed by atoms with Crippen molar-refractivity contribution in [3.05, 3.63) is 0 Å². The van der Waals surface area contributed by atoms with Crippen molar-refractivity contribution in [2.24, 2.45) is 0 Å². The fourth-order valence-corrected chi connectivity index (χ4v) is 4.40. The highest BCUT2D eigenvalue weighted by atomic mass is 28.2. The maximum Gasteiger partial charge on any atom is 0.166 e. The Morgan fingerprint density at radius 1 is 0.500 bits per heavy atom. The summed E-state index contributed by atoms with van der Waals surface area (Å²) in [5, 5.41) is 0.396. The molecule has 3 heteroatoms. The molecule has 0 aromatic heterocycles. The molecule has 28 heavy (non-hydrogen) atoms. The lowest BCUT2D eigenvalue weighted by molar-refractivity contribution is 0.0972. The number of rotatable bonds is 22. The third-order valence-corrected chi connectivity index (χ3v) is 6.66. The van der Waals surface area contributed by atoms with E-state index >= 15 is 0 Å². The minimum absolute atomic E-state index is 0.396. The first kappa shape index (κ1) is 28.1. The number of unbranched alkanes of at least 4 members (excludes halogenated alkanes) is 16. The fourth-order valence-electron chi connectivity index (χ4n) is 3.53. The molecule has 0 saturated heterocycles. The van der Waals surface area contributed by atoms with E-state index in [0.29, 0.717) is 5.04 Å². The van der Waals surface area contributed by atoms with E-state index < -0.39 is 9.76 Å².